The first-order valence-corrected chi connectivity index (χ1v) is 6.78. The van der Waals surface area contributed by atoms with Crippen molar-refractivity contribution in [3.05, 3.63) is 52.1 Å². The van der Waals surface area contributed by atoms with Crippen molar-refractivity contribution < 1.29 is 9.90 Å². The molecule has 0 atom stereocenters. The monoisotopic (exact) mass is 334 g/mol. The Morgan fingerprint density at radius 1 is 1.37 bits per heavy atom. The number of halogens is 1. The summed E-state index contributed by atoms with van der Waals surface area (Å²) in [6.07, 6.45) is 1.55. The first kappa shape index (κ1) is 13.6. The molecule has 0 spiro atoms. The van der Waals surface area contributed by atoms with Crippen LogP contribution in [0.5, 0.6) is 0 Å². The highest BCUT2D eigenvalue weighted by Gasteiger charge is 2.10. The number of hydrogen-bond donors (Lipinski definition) is 1. The molecule has 0 radical (unpaired) electrons. The van der Waals surface area contributed by atoms with Crippen LogP contribution in [0, 0.1) is 11.3 Å². The Bertz CT molecular complexity index is 683. The highest BCUT2D eigenvalue weighted by molar-refractivity contribution is 9.10. The maximum Gasteiger partial charge on any atom is 0.336 e. The zero-order valence-corrected chi connectivity index (χ0v) is 11.9. The summed E-state index contributed by atoms with van der Waals surface area (Å²) in [4.78, 5) is 15.9. The van der Waals surface area contributed by atoms with E-state index in [1.807, 2.05) is 6.07 Å². The van der Waals surface area contributed by atoms with Crippen LogP contribution in [-0.4, -0.2) is 16.1 Å². The van der Waals surface area contributed by atoms with Crippen molar-refractivity contribution in [2.45, 2.75) is 9.92 Å². The van der Waals surface area contributed by atoms with Gasteiger partial charge in [0.25, 0.3) is 0 Å². The van der Waals surface area contributed by atoms with Crippen molar-refractivity contribution in [2.24, 2.45) is 0 Å². The minimum Gasteiger partial charge on any atom is -0.478 e. The molecule has 94 valence electrons. The average Bonchev–Trinajstić information content (AvgIpc) is 2.41. The number of benzene rings is 1. The largest absolute Gasteiger partial charge is 0.478 e. The molecular formula is C13H7BrN2O2S. The van der Waals surface area contributed by atoms with Crippen LogP contribution in [0.15, 0.2) is 50.9 Å². The molecule has 0 fully saturated rings. The molecule has 1 heterocycles. The zero-order valence-electron chi connectivity index (χ0n) is 9.50. The van der Waals surface area contributed by atoms with Crippen LogP contribution in [-0.2, 0) is 0 Å². The van der Waals surface area contributed by atoms with E-state index in [9.17, 15) is 4.79 Å². The van der Waals surface area contributed by atoms with Gasteiger partial charge in [0.15, 0.2) is 0 Å². The van der Waals surface area contributed by atoms with Gasteiger partial charge in [0, 0.05) is 15.6 Å². The molecule has 1 aromatic carbocycles. The summed E-state index contributed by atoms with van der Waals surface area (Å²) < 4.78 is 0.531. The Balaban J connectivity index is 2.31. The molecule has 1 aromatic heterocycles. The van der Waals surface area contributed by atoms with E-state index < -0.39 is 5.97 Å². The summed E-state index contributed by atoms with van der Waals surface area (Å²) >= 11 is 4.50. The van der Waals surface area contributed by atoms with Gasteiger partial charge in [-0.15, -0.1) is 0 Å². The van der Waals surface area contributed by atoms with E-state index >= 15 is 0 Å². The smallest absolute Gasteiger partial charge is 0.336 e. The van der Waals surface area contributed by atoms with Crippen LogP contribution in [0.25, 0.3) is 0 Å². The molecule has 0 unspecified atom stereocenters. The summed E-state index contributed by atoms with van der Waals surface area (Å²) in [6, 6.07) is 10.4. The van der Waals surface area contributed by atoms with E-state index in [0.717, 1.165) is 4.90 Å². The zero-order chi connectivity index (χ0) is 13.8. The molecular weight excluding hydrogens is 328 g/mol. The maximum atomic E-state index is 11.0. The first-order valence-electron chi connectivity index (χ1n) is 5.17. The van der Waals surface area contributed by atoms with Gasteiger partial charge in [-0.3, -0.25) is 0 Å². The number of aromatic carboxylic acids is 1. The molecule has 19 heavy (non-hydrogen) atoms. The van der Waals surface area contributed by atoms with E-state index in [1.165, 1.54) is 11.8 Å². The first-order chi connectivity index (χ1) is 9.10. The second-order valence-electron chi connectivity index (χ2n) is 3.54. The number of carboxylic acid groups (broad SMARTS) is 1. The van der Waals surface area contributed by atoms with Crippen molar-refractivity contribution in [3.8, 4) is 6.07 Å². The van der Waals surface area contributed by atoms with Gasteiger partial charge in [-0.05, 0) is 46.3 Å². The van der Waals surface area contributed by atoms with Gasteiger partial charge in [0.2, 0.25) is 0 Å². The lowest BCUT2D eigenvalue weighted by molar-refractivity contribution is 0.0695. The fourth-order valence-electron chi connectivity index (χ4n) is 1.39. The second-order valence-corrected chi connectivity index (χ2v) is 5.49. The van der Waals surface area contributed by atoms with Gasteiger partial charge in [-0.1, -0.05) is 11.8 Å². The lowest BCUT2D eigenvalue weighted by Crippen LogP contribution is -1.97. The van der Waals surface area contributed by atoms with Crippen LogP contribution in [0.3, 0.4) is 0 Å². The van der Waals surface area contributed by atoms with Crippen LogP contribution in [0.4, 0.5) is 0 Å². The minimum atomic E-state index is -0.993. The van der Waals surface area contributed by atoms with Gasteiger partial charge in [-0.25, -0.2) is 9.78 Å². The molecule has 2 aromatic rings. The van der Waals surface area contributed by atoms with Crippen molar-refractivity contribution in [2.75, 3.05) is 0 Å². The summed E-state index contributed by atoms with van der Waals surface area (Å²) in [6.45, 7) is 0. The Kier molecular flexibility index (Phi) is 4.20. The third-order valence-corrected chi connectivity index (χ3v) is 3.87. The summed E-state index contributed by atoms with van der Waals surface area (Å²) in [5, 5.41) is 18.5. The quantitative estimate of drug-likeness (QED) is 0.928. The van der Waals surface area contributed by atoms with E-state index in [0.29, 0.717) is 15.1 Å². The standard InChI is InChI=1S/C13H7BrN2O2S/c14-11-2-1-9(6-10(11)13(17)18)19-12-5-8(7-15)3-4-16-12/h1-6H,(H,17,18). The fourth-order valence-corrected chi connectivity index (χ4v) is 2.66. The molecule has 2 rings (SSSR count). The summed E-state index contributed by atoms with van der Waals surface area (Å²) in [5.41, 5.74) is 0.717. The Hall–Kier alpha value is -1.84. The number of rotatable bonds is 3. The third-order valence-electron chi connectivity index (χ3n) is 2.25. The molecule has 4 nitrogen and oxygen atoms in total. The SMILES string of the molecule is N#Cc1ccnc(Sc2ccc(Br)c(C(=O)O)c2)c1. The third kappa shape index (κ3) is 3.34. The van der Waals surface area contributed by atoms with Crippen molar-refractivity contribution in [3.63, 3.8) is 0 Å². The van der Waals surface area contributed by atoms with Crippen LogP contribution in [0.2, 0.25) is 0 Å². The van der Waals surface area contributed by atoms with Gasteiger partial charge < -0.3 is 5.11 Å². The molecule has 0 saturated heterocycles. The van der Waals surface area contributed by atoms with Gasteiger partial charge in [0.05, 0.1) is 17.2 Å². The number of nitriles is 1. The molecule has 6 heteroatoms. The topological polar surface area (TPSA) is 74.0 Å². The molecule has 0 aliphatic rings. The van der Waals surface area contributed by atoms with Gasteiger partial charge in [0.1, 0.15) is 5.03 Å². The van der Waals surface area contributed by atoms with Gasteiger partial charge in [-0.2, -0.15) is 5.26 Å². The Morgan fingerprint density at radius 3 is 2.84 bits per heavy atom. The fraction of sp³-hybridized carbons (Fsp3) is 0. The lowest BCUT2D eigenvalue weighted by atomic mass is 10.2. The van der Waals surface area contributed by atoms with Crippen molar-refractivity contribution >= 4 is 33.7 Å². The highest BCUT2D eigenvalue weighted by atomic mass is 79.9. The molecule has 0 aliphatic heterocycles. The van der Waals surface area contributed by atoms with Crippen LogP contribution in [0.1, 0.15) is 15.9 Å². The molecule has 0 aliphatic carbocycles. The number of carbonyl (C=O) groups is 1. The Labute approximate surface area is 122 Å². The van der Waals surface area contributed by atoms with Gasteiger partial charge >= 0.3 is 5.97 Å². The van der Waals surface area contributed by atoms with E-state index in [4.69, 9.17) is 10.4 Å². The average molecular weight is 335 g/mol. The van der Waals surface area contributed by atoms with Crippen LogP contribution >= 0.6 is 27.7 Å². The minimum absolute atomic E-state index is 0.196. The Morgan fingerprint density at radius 2 is 2.16 bits per heavy atom. The highest BCUT2D eigenvalue weighted by Crippen LogP contribution is 2.29. The molecule has 0 amide bonds. The number of carboxylic acids is 1. The number of aromatic nitrogens is 1. The van der Waals surface area contributed by atoms with Crippen molar-refractivity contribution in [1.82, 2.24) is 4.98 Å². The number of pyridine rings is 1. The second kappa shape index (κ2) is 5.87. The number of hydrogen-bond acceptors (Lipinski definition) is 4. The normalized spacial score (nSPS) is 9.89. The number of nitrogens with zero attached hydrogens (tertiary/aromatic N) is 2. The summed E-state index contributed by atoms with van der Waals surface area (Å²) in [5.74, 6) is -0.993. The molecule has 0 saturated carbocycles. The summed E-state index contributed by atoms with van der Waals surface area (Å²) in [7, 11) is 0. The lowest BCUT2D eigenvalue weighted by Gasteiger charge is -2.04. The van der Waals surface area contributed by atoms with Crippen LogP contribution < -0.4 is 0 Å². The van der Waals surface area contributed by atoms with E-state index in [-0.39, 0.29) is 5.56 Å². The van der Waals surface area contributed by atoms with E-state index in [2.05, 4.69) is 20.9 Å². The molecule has 1 N–H and O–H groups in total. The molecule has 0 bridgehead atoms. The predicted molar refractivity (Wildman–Crippen MR) is 74.2 cm³/mol. The van der Waals surface area contributed by atoms with Crippen molar-refractivity contribution in [1.29, 1.82) is 5.26 Å². The van der Waals surface area contributed by atoms with E-state index in [1.54, 1.807) is 36.5 Å². The maximum absolute atomic E-state index is 11.0. The predicted octanol–water partition coefficient (Wildman–Crippen LogP) is 3.57.